The molecule has 0 saturated carbocycles. The number of nitrogen functional groups attached to an aromatic ring is 1. The third-order valence-corrected chi connectivity index (χ3v) is 2.89. The molecule has 2 N–H and O–H groups in total. The number of anilines is 2. The Kier molecular flexibility index (Phi) is 2.95. The fourth-order valence-electron chi connectivity index (χ4n) is 1.94. The van der Waals surface area contributed by atoms with E-state index in [4.69, 9.17) is 5.73 Å². The summed E-state index contributed by atoms with van der Waals surface area (Å²) < 4.78 is 0. The Bertz CT molecular complexity index is 490. The summed E-state index contributed by atoms with van der Waals surface area (Å²) in [6, 6.07) is 8.08. The van der Waals surface area contributed by atoms with Gasteiger partial charge in [0, 0.05) is 36.0 Å². The number of rotatable bonds is 3. The molecule has 3 nitrogen and oxygen atoms in total. The Hall–Kier alpha value is -1.77. The van der Waals surface area contributed by atoms with Crippen LogP contribution >= 0.6 is 0 Å². The molecule has 16 heavy (non-hydrogen) atoms. The number of nitrogens with zero attached hydrogens (tertiary/aromatic N) is 2. The lowest BCUT2D eigenvalue weighted by Crippen LogP contribution is -2.21. The lowest BCUT2D eigenvalue weighted by atomic mass is 10.1. The first-order valence-electron chi connectivity index (χ1n) is 5.65. The molecule has 0 spiro atoms. The number of hydrogen-bond acceptors (Lipinski definition) is 3. The van der Waals surface area contributed by atoms with Gasteiger partial charge in [-0.2, -0.15) is 0 Å². The van der Waals surface area contributed by atoms with Crippen molar-refractivity contribution >= 4 is 22.3 Å². The van der Waals surface area contributed by atoms with E-state index < -0.39 is 0 Å². The van der Waals surface area contributed by atoms with Crippen LogP contribution in [-0.2, 0) is 0 Å². The second-order valence-electron chi connectivity index (χ2n) is 3.77. The maximum atomic E-state index is 5.95. The van der Waals surface area contributed by atoms with E-state index in [1.807, 2.05) is 12.1 Å². The number of nitrogens with two attached hydrogens (primary N) is 1. The fourth-order valence-corrected chi connectivity index (χ4v) is 1.94. The monoisotopic (exact) mass is 215 g/mol. The average Bonchev–Trinajstić information content (AvgIpc) is 2.32. The van der Waals surface area contributed by atoms with E-state index in [-0.39, 0.29) is 0 Å². The summed E-state index contributed by atoms with van der Waals surface area (Å²) in [5.74, 6) is 0. The van der Waals surface area contributed by atoms with E-state index in [2.05, 4.69) is 35.9 Å². The van der Waals surface area contributed by atoms with Crippen LogP contribution in [0.5, 0.6) is 0 Å². The second kappa shape index (κ2) is 4.39. The zero-order valence-corrected chi connectivity index (χ0v) is 9.77. The lowest BCUT2D eigenvalue weighted by molar-refractivity contribution is 0.867. The molecule has 0 aliphatic rings. The van der Waals surface area contributed by atoms with Crippen molar-refractivity contribution in [1.82, 2.24) is 4.98 Å². The third kappa shape index (κ3) is 1.81. The summed E-state index contributed by atoms with van der Waals surface area (Å²) in [5.41, 5.74) is 8.90. The molecule has 2 aromatic rings. The number of fused-ring (bicyclic) bond motifs is 1. The Balaban J connectivity index is 2.54. The number of pyridine rings is 1. The van der Waals surface area contributed by atoms with Crippen LogP contribution in [0.2, 0.25) is 0 Å². The minimum Gasteiger partial charge on any atom is -0.398 e. The summed E-state index contributed by atoms with van der Waals surface area (Å²) in [5, 5.41) is 1.03. The summed E-state index contributed by atoms with van der Waals surface area (Å²) in [6.45, 7) is 6.31. The van der Waals surface area contributed by atoms with Crippen LogP contribution in [0.3, 0.4) is 0 Å². The molecule has 1 aromatic heterocycles. The summed E-state index contributed by atoms with van der Waals surface area (Å²) in [6.07, 6.45) is 1.74. The van der Waals surface area contributed by atoms with E-state index in [1.165, 1.54) is 5.69 Å². The van der Waals surface area contributed by atoms with Gasteiger partial charge in [0.05, 0.1) is 5.52 Å². The standard InChI is InChI=1S/C13H17N3/c1-3-16(4-2)10-5-6-13-11(9-10)12(14)7-8-15-13/h5-9H,3-4H2,1-2H3,(H2,14,15). The van der Waals surface area contributed by atoms with Crippen LogP contribution in [0.4, 0.5) is 11.4 Å². The number of hydrogen-bond donors (Lipinski definition) is 1. The van der Waals surface area contributed by atoms with Gasteiger partial charge in [-0.15, -0.1) is 0 Å². The third-order valence-electron chi connectivity index (χ3n) is 2.89. The lowest BCUT2D eigenvalue weighted by Gasteiger charge is -2.21. The van der Waals surface area contributed by atoms with Gasteiger partial charge in [0.1, 0.15) is 0 Å². The van der Waals surface area contributed by atoms with Crippen LogP contribution in [0.15, 0.2) is 30.5 Å². The Morgan fingerprint density at radius 3 is 2.62 bits per heavy atom. The number of benzene rings is 1. The van der Waals surface area contributed by atoms with E-state index >= 15 is 0 Å². The maximum absolute atomic E-state index is 5.95. The quantitative estimate of drug-likeness (QED) is 0.855. The molecule has 0 saturated heterocycles. The van der Waals surface area contributed by atoms with Gasteiger partial charge in [0.2, 0.25) is 0 Å². The van der Waals surface area contributed by atoms with E-state index in [0.717, 1.165) is 29.7 Å². The van der Waals surface area contributed by atoms with Crippen molar-refractivity contribution in [3.05, 3.63) is 30.5 Å². The predicted octanol–water partition coefficient (Wildman–Crippen LogP) is 2.66. The zero-order chi connectivity index (χ0) is 11.5. The predicted molar refractivity (Wildman–Crippen MR) is 69.7 cm³/mol. The molecule has 0 radical (unpaired) electrons. The molecule has 0 unspecified atom stereocenters. The largest absolute Gasteiger partial charge is 0.398 e. The van der Waals surface area contributed by atoms with Gasteiger partial charge in [-0.1, -0.05) is 0 Å². The Morgan fingerprint density at radius 2 is 1.94 bits per heavy atom. The highest BCUT2D eigenvalue weighted by atomic mass is 15.1. The molecule has 0 aliphatic carbocycles. The first-order chi connectivity index (χ1) is 7.76. The normalized spacial score (nSPS) is 10.6. The number of aromatic nitrogens is 1. The van der Waals surface area contributed by atoms with Crippen LogP contribution in [0.25, 0.3) is 10.9 Å². The fraction of sp³-hybridized carbons (Fsp3) is 0.308. The molecular formula is C13H17N3. The van der Waals surface area contributed by atoms with Crippen molar-refractivity contribution in [3.63, 3.8) is 0 Å². The molecule has 1 aromatic carbocycles. The molecule has 84 valence electrons. The molecule has 3 heteroatoms. The van der Waals surface area contributed by atoms with Gasteiger partial charge in [0.15, 0.2) is 0 Å². The second-order valence-corrected chi connectivity index (χ2v) is 3.77. The molecule has 1 heterocycles. The van der Waals surface area contributed by atoms with Crippen molar-refractivity contribution in [1.29, 1.82) is 0 Å². The smallest absolute Gasteiger partial charge is 0.0724 e. The Morgan fingerprint density at radius 1 is 1.19 bits per heavy atom. The molecular weight excluding hydrogens is 198 g/mol. The summed E-state index contributed by atoms with van der Waals surface area (Å²) in [4.78, 5) is 6.59. The van der Waals surface area contributed by atoms with Crippen LogP contribution in [-0.4, -0.2) is 18.1 Å². The van der Waals surface area contributed by atoms with Gasteiger partial charge in [0.25, 0.3) is 0 Å². The van der Waals surface area contributed by atoms with Gasteiger partial charge >= 0.3 is 0 Å². The molecule has 0 amide bonds. The minimum atomic E-state index is 0.791. The molecule has 0 aliphatic heterocycles. The summed E-state index contributed by atoms with van der Waals surface area (Å²) in [7, 11) is 0. The average molecular weight is 215 g/mol. The molecule has 2 rings (SSSR count). The van der Waals surface area contributed by atoms with Crippen LogP contribution in [0.1, 0.15) is 13.8 Å². The topological polar surface area (TPSA) is 42.2 Å². The van der Waals surface area contributed by atoms with Crippen molar-refractivity contribution < 1.29 is 0 Å². The molecule has 0 atom stereocenters. The first-order valence-corrected chi connectivity index (χ1v) is 5.65. The van der Waals surface area contributed by atoms with Crippen molar-refractivity contribution in [2.75, 3.05) is 23.7 Å². The molecule has 0 bridgehead atoms. The van der Waals surface area contributed by atoms with Crippen LogP contribution < -0.4 is 10.6 Å². The Labute approximate surface area is 95.9 Å². The summed E-state index contributed by atoms with van der Waals surface area (Å²) >= 11 is 0. The maximum Gasteiger partial charge on any atom is 0.0724 e. The van der Waals surface area contributed by atoms with Crippen molar-refractivity contribution in [3.8, 4) is 0 Å². The highest BCUT2D eigenvalue weighted by Gasteiger charge is 2.04. The zero-order valence-electron chi connectivity index (χ0n) is 9.77. The van der Waals surface area contributed by atoms with Crippen molar-refractivity contribution in [2.24, 2.45) is 0 Å². The van der Waals surface area contributed by atoms with Crippen LogP contribution in [0, 0.1) is 0 Å². The SMILES string of the molecule is CCN(CC)c1ccc2nccc(N)c2c1. The highest BCUT2D eigenvalue weighted by molar-refractivity contribution is 5.92. The van der Waals surface area contributed by atoms with Gasteiger partial charge < -0.3 is 10.6 Å². The van der Waals surface area contributed by atoms with E-state index in [9.17, 15) is 0 Å². The van der Waals surface area contributed by atoms with Gasteiger partial charge in [-0.05, 0) is 38.1 Å². The minimum absolute atomic E-state index is 0.791. The van der Waals surface area contributed by atoms with Gasteiger partial charge in [-0.25, -0.2) is 0 Å². The highest BCUT2D eigenvalue weighted by Crippen LogP contribution is 2.24. The molecule has 0 fully saturated rings. The van der Waals surface area contributed by atoms with Gasteiger partial charge in [-0.3, -0.25) is 4.98 Å². The van der Waals surface area contributed by atoms with E-state index in [1.54, 1.807) is 6.20 Å². The van der Waals surface area contributed by atoms with Crippen molar-refractivity contribution in [2.45, 2.75) is 13.8 Å². The first kappa shape index (κ1) is 10.7. The van der Waals surface area contributed by atoms with E-state index in [0.29, 0.717) is 0 Å².